The maximum atomic E-state index is 11.9. The van der Waals surface area contributed by atoms with E-state index in [0.717, 1.165) is 11.1 Å². The van der Waals surface area contributed by atoms with Gasteiger partial charge in [-0.1, -0.05) is 56.7 Å². The second-order valence-electron chi connectivity index (χ2n) is 6.44. The topological polar surface area (TPSA) is 49.3 Å². The summed E-state index contributed by atoms with van der Waals surface area (Å²) in [7, 11) is 0. The molecule has 20 heavy (non-hydrogen) atoms. The van der Waals surface area contributed by atoms with Crippen molar-refractivity contribution in [3.8, 4) is 0 Å². The van der Waals surface area contributed by atoms with Gasteiger partial charge in [0.25, 0.3) is 0 Å². The van der Waals surface area contributed by atoms with E-state index in [1.165, 1.54) is 0 Å². The highest BCUT2D eigenvalue weighted by atomic mass is 16.3. The standard InChI is InChI=1S/C17H25NO2/c1-13(16(2,3)4)11-15(19)18-12-17(5,20)14-9-7-6-8-10-14/h6-11,20H,12H2,1-5H3,(H,18,19). The highest BCUT2D eigenvalue weighted by Gasteiger charge is 2.23. The Morgan fingerprint density at radius 3 is 2.25 bits per heavy atom. The second-order valence-corrected chi connectivity index (χ2v) is 6.44. The molecule has 0 fully saturated rings. The summed E-state index contributed by atoms with van der Waals surface area (Å²) in [6.07, 6.45) is 1.60. The van der Waals surface area contributed by atoms with Crippen LogP contribution in [-0.2, 0) is 10.4 Å². The molecule has 2 N–H and O–H groups in total. The highest BCUT2D eigenvalue weighted by Crippen LogP contribution is 2.24. The van der Waals surface area contributed by atoms with E-state index in [1.807, 2.05) is 37.3 Å². The van der Waals surface area contributed by atoms with Crippen LogP contribution in [0.2, 0.25) is 0 Å². The van der Waals surface area contributed by atoms with Crippen molar-refractivity contribution in [1.29, 1.82) is 0 Å². The fraction of sp³-hybridized carbons (Fsp3) is 0.471. The first-order valence-electron chi connectivity index (χ1n) is 6.87. The summed E-state index contributed by atoms with van der Waals surface area (Å²) in [6, 6.07) is 9.34. The minimum absolute atomic E-state index is 0.0285. The summed E-state index contributed by atoms with van der Waals surface area (Å²) >= 11 is 0. The second kappa shape index (κ2) is 6.23. The van der Waals surface area contributed by atoms with Crippen LogP contribution in [0, 0.1) is 5.41 Å². The average molecular weight is 275 g/mol. The zero-order valence-electron chi connectivity index (χ0n) is 13.0. The Labute approximate surface area is 121 Å². The largest absolute Gasteiger partial charge is 0.384 e. The average Bonchev–Trinajstić information content (AvgIpc) is 2.36. The first kappa shape index (κ1) is 16.4. The van der Waals surface area contributed by atoms with Crippen molar-refractivity contribution in [1.82, 2.24) is 5.32 Å². The number of amides is 1. The van der Waals surface area contributed by atoms with Crippen molar-refractivity contribution in [2.24, 2.45) is 5.41 Å². The minimum atomic E-state index is -1.07. The summed E-state index contributed by atoms with van der Waals surface area (Å²) < 4.78 is 0. The van der Waals surface area contributed by atoms with E-state index < -0.39 is 5.60 Å². The first-order valence-corrected chi connectivity index (χ1v) is 6.87. The Bertz CT molecular complexity index is 481. The fourth-order valence-corrected chi connectivity index (χ4v) is 1.62. The molecule has 3 nitrogen and oxygen atoms in total. The van der Waals surface area contributed by atoms with Crippen LogP contribution >= 0.6 is 0 Å². The SMILES string of the molecule is CC(=CC(=O)NCC(C)(O)c1ccccc1)C(C)(C)C. The van der Waals surface area contributed by atoms with E-state index in [-0.39, 0.29) is 17.9 Å². The van der Waals surface area contributed by atoms with Crippen molar-refractivity contribution in [2.75, 3.05) is 6.54 Å². The molecule has 1 unspecified atom stereocenters. The van der Waals surface area contributed by atoms with Crippen LogP contribution in [0.1, 0.15) is 40.2 Å². The third-order valence-electron chi connectivity index (χ3n) is 3.53. The van der Waals surface area contributed by atoms with Gasteiger partial charge in [0, 0.05) is 6.08 Å². The molecule has 0 bridgehead atoms. The van der Waals surface area contributed by atoms with Gasteiger partial charge in [0.15, 0.2) is 0 Å². The lowest BCUT2D eigenvalue weighted by Gasteiger charge is -2.24. The molecule has 110 valence electrons. The predicted octanol–water partition coefficient (Wildman–Crippen LogP) is 3.00. The first-order chi connectivity index (χ1) is 9.13. The molecule has 0 aromatic heterocycles. The maximum Gasteiger partial charge on any atom is 0.244 e. The monoisotopic (exact) mass is 275 g/mol. The van der Waals surface area contributed by atoms with E-state index in [9.17, 15) is 9.90 Å². The molecule has 1 rings (SSSR count). The van der Waals surface area contributed by atoms with E-state index in [2.05, 4.69) is 26.1 Å². The number of carbonyl (C=O) groups excluding carboxylic acids is 1. The van der Waals surface area contributed by atoms with Gasteiger partial charge in [-0.25, -0.2) is 0 Å². The normalized spacial score (nSPS) is 15.6. The number of hydrogen-bond acceptors (Lipinski definition) is 2. The van der Waals surface area contributed by atoms with Crippen molar-refractivity contribution < 1.29 is 9.90 Å². The Kier molecular flexibility index (Phi) is 5.12. The Hall–Kier alpha value is -1.61. The van der Waals surface area contributed by atoms with Crippen LogP contribution in [0.25, 0.3) is 0 Å². The number of allylic oxidation sites excluding steroid dienone is 1. The third kappa shape index (κ3) is 4.82. The lowest BCUT2D eigenvalue weighted by Crippen LogP contribution is -2.38. The summed E-state index contributed by atoms with van der Waals surface area (Å²) in [5, 5.41) is 13.2. The molecule has 0 saturated heterocycles. The van der Waals surface area contributed by atoms with Crippen LogP contribution < -0.4 is 5.32 Å². The van der Waals surface area contributed by atoms with Gasteiger partial charge >= 0.3 is 0 Å². The van der Waals surface area contributed by atoms with Crippen LogP contribution in [0.4, 0.5) is 0 Å². The van der Waals surface area contributed by atoms with Crippen molar-refractivity contribution >= 4 is 5.91 Å². The quantitative estimate of drug-likeness (QED) is 0.830. The van der Waals surface area contributed by atoms with E-state index in [4.69, 9.17) is 0 Å². The molecule has 0 radical (unpaired) electrons. The molecule has 0 aliphatic carbocycles. The van der Waals surface area contributed by atoms with Crippen LogP contribution in [0.5, 0.6) is 0 Å². The number of rotatable bonds is 4. The molecule has 0 aliphatic heterocycles. The molecule has 0 aliphatic rings. The molecular weight excluding hydrogens is 250 g/mol. The van der Waals surface area contributed by atoms with E-state index >= 15 is 0 Å². The summed E-state index contributed by atoms with van der Waals surface area (Å²) in [5.74, 6) is -0.173. The molecule has 1 aromatic rings. The fourth-order valence-electron chi connectivity index (χ4n) is 1.62. The number of nitrogens with one attached hydrogen (secondary N) is 1. The number of aliphatic hydroxyl groups is 1. The minimum Gasteiger partial charge on any atom is -0.384 e. The Balaban J connectivity index is 2.66. The molecule has 0 heterocycles. The summed E-state index contributed by atoms with van der Waals surface area (Å²) in [6.45, 7) is 10.0. The van der Waals surface area contributed by atoms with Gasteiger partial charge in [-0.05, 0) is 24.8 Å². The molecule has 1 atom stereocenters. The highest BCUT2D eigenvalue weighted by molar-refractivity contribution is 5.88. The van der Waals surface area contributed by atoms with Gasteiger partial charge in [0.05, 0.1) is 6.54 Å². The van der Waals surface area contributed by atoms with E-state index in [1.54, 1.807) is 13.0 Å². The van der Waals surface area contributed by atoms with Crippen LogP contribution in [0.3, 0.4) is 0 Å². The molecule has 0 saturated carbocycles. The number of carbonyl (C=O) groups is 1. The number of benzene rings is 1. The summed E-state index contributed by atoms with van der Waals surface area (Å²) in [4.78, 5) is 11.9. The van der Waals surface area contributed by atoms with Crippen LogP contribution in [-0.4, -0.2) is 17.6 Å². The third-order valence-corrected chi connectivity index (χ3v) is 3.53. The Morgan fingerprint density at radius 1 is 1.20 bits per heavy atom. The van der Waals surface area contributed by atoms with Gasteiger partial charge in [-0.3, -0.25) is 4.79 Å². The molecule has 3 heteroatoms. The van der Waals surface area contributed by atoms with Crippen LogP contribution in [0.15, 0.2) is 42.0 Å². The predicted molar refractivity (Wildman–Crippen MR) is 82.2 cm³/mol. The van der Waals surface area contributed by atoms with Gasteiger partial charge in [0.1, 0.15) is 5.60 Å². The number of hydrogen-bond donors (Lipinski definition) is 2. The maximum absolute atomic E-state index is 11.9. The van der Waals surface area contributed by atoms with Crippen molar-refractivity contribution in [3.63, 3.8) is 0 Å². The zero-order valence-corrected chi connectivity index (χ0v) is 13.0. The molecule has 0 spiro atoms. The summed E-state index contributed by atoms with van der Waals surface area (Å²) in [5.41, 5.74) is 0.700. The van der Waals surface area contributed by atoms with Gasteiger partial charge in [-0.2, -0.15) is 0 Å². The molecule has 1 aromatic carbocycles. The molecule has 1 amide bonds. The zero-order chi connectivity index (χ0) is 15.4. The van der Waals surface area contributed by atoms with Gasteiger partial charge in [0.2, 0.25) is 5.91 Å². The van der Waals surface area contributed by atoms with Crippen molar-refractivity contribution in [3.05, 3.63) is 47.5 Å². The van der Waals surface area contributed by atoms with Crippen molar-refractivity contribution in [2.45, 2.75) is 40.2 Å². The lowest BCUT2D eigenvalue weighted by atomic mass is 9.87. The smallest absolute Gasteiger partial charge is 0.244 e. The Morgan fingerprint density at radius 2 is 1.75 bits per heavy atom. The van der Waals surface area contributed by atoms with Gasteiger partial charge in [-0.15, -0.1) is 0 Å². The lowest BCUT2D eigenvalue weighted by molar-refractivity contribution is -0.117. The van der Waals surface area contributed by atoms with E-state index in [0.29, 0.717) is 0 Å². The van der Waals surface area contributed by atoms with Gasteiger partial charge < -0.3 is 10.4 Å². The molecular formula is C17H25NO2.